The minimum Gasteiger partial charge on any atom is -0.393 e. The summed E-state index contributed by atoms with van der Waals surface area (Å²) in [5, 5.41) is 8.88. The van der Waals surface area contributed by atoms with Gasteiger partial charge in [-0.3, -0.25) is 4.55 Å². The maximum absolute atomic E-state index is 10.9. The van der Waals surface area contributed by atoms with Gasteiger partial charge in [-0.25, -0.2) is 0 Å². The van der Waals surface area contributed by atoms with Crippen molar-refractivity contribution in [1.82, 2.24) is 0 Å². The van der Waals surface area contributed by atoms with Gasteiger partial charge in [-0.05, 0) is 25.7 Å². The molecule has 0 radical (unpaired) electrons. The molecule has 0 aliphatic rings. The molecule has 0 aromatic carbocycles. The zero-order chi connectivity index (χ0) is 13.3. The van der Waals surface area contributed by atoms with Crippen LogP contribution in [0.5, 0.6) is 0 Å². The zero-order valence-electron chi connectivity index (χ0n) is 10.9. The molecule has 0 saturated heterocycles. The molecule has 5 heteroatoms. The van der Waals surface area contributed by atoms with Crippen LogP contribution in [0.4, 0.5) is 0 Å². The van der Waals surface area contributed by atoms with Crippen molar-refractivity contribution in [3.63, 3.8) is 0 Å². The van der Waals surface area contributed by atoms with E-state index in [1.807, 2.05) is 6.92 Å². The summed E-state index contributed by atoms with van der Waals surface area (Å²) in [4.78, 5) is 0. The summed E-state index contributed by atoms with van der Waals surface area (Å²) in [6.07, 6.45) is 5.98. The molecule has 0 heterocycles. The van der Waals surface area contributed by atoms with Crippen molar-refractivity contribution >= 4 is 10.1 Å². The minimum absolute atomic E-state index is 0.219. The van der Waals surface area contributed by atoms with Crippen LogP contribution in [0.2, 0.25) is 0 Å². The van der Waals surface area contributed by atoms with Crippen molar-refractivity contribution < 1.29 is 18.1 Å². The fourth-order valence-corrected chi connectivity index (χ4v) is 2.86. The van der Waals surface area contributed by atoms with E-state index >= 15 is 0 Å². The first kappa shape index (κ1) is 16.9. The third-order valence-corrected chi connectivity index (χ3v) is 4.47. The number of hydrogen-bond acceptors (Lipinski definition) is 3. The second kappa shape index (κ2) is 8.89. The summed E-state index contributed by atoms with van der Waals surface area (Å²) in [5.41, 5.74) is 0. The van der Waals surface area contributed by atoms with Crippen LogP contribution >= 0.6 is 0 Å². The molecule has 2 atom stereocenters. The van der Waals surface area contributed by atoms with Crippen molar-refractivity contribution in [3.05, 3.63) is 0 Å². The predicted molar refractivity (Wildman–Crippen MR) is 69.6 cm³/mol. The minimum atomic E-state index is -3.88. The van der Waals surface area contributed by atoms with Crippen LogP contribution in [0.25, 0.3) is 0 Å². The molecule has 0 bridgehead atoms. The maximum Gasteiger partial charge on any atom is 0.267 e. The molecule has 0 rings (SSSR count). The van der Waals surface area contributed by atoms with E-state index in [-0.39, 0.29) is 6.10 Å². The smallest absolute Gasteiger partial charge is 0.267 e. The molecular weight excluding hydrogens is 240 g/mol. The largest absolute Gasteiger partial charge is 0.393 e. The number of rotatable bonds is 10. The lowest BCUT2D eigenvalue weighted by atomic mass is 10.0. The summed E-state index contributed by atoms with van der Waals surface area (Å²) in [6, 6.07) is 0. The van der Waals surface area contributed by atoms with E-state index in [2.05, 4.69) is 0 Å². The molecule has 0 spiro atoms. The summed E-state index contributed by atoms with van der Waals surface area (Å²) in [5.74, 6) is 0. The Morgan fingerprint density at radius 1 is 1.00 bits per heavy atom. The van der Waals surface area contributed by atoms with Gasteiger partial charge in [0.05, 0.1) is 11.4 Å². The highest BCUT2D eigenvalue weighted by Crippen LogP contribution is 2.15. The molecule has 0 amide bonds. The van der Waals surface area contributed by atoms with Crippen molar-refractivity contribution in [2.75, 3.05) is 0 Å². The van der Waals surface area contributed by atoms with Crippen LogP contribution in [0.3, 0.4) is 0 Å². The fraction of sp³-hybridized carbons (Fsp3) is 1.00. The van der Waals surface area contributed by atoms with Gasteiger partial charge in [-0.15, -0.1) is 0 Å². The normalized spacial score (nSPS) is 15.8. The third kappa shape index (κ3) is 8.57. The maximum atomic E-state index is 10.9. The van der Waals surface area contributed by atoms with Gasteiger partial charge in [0.15, 0.2) is 0 Å². The second-order valence-electron chi connectivity index (χ2n) is 4.63. The van der Waals surface area contributed by atoms with Crippen LogP contribution in [0.1, 0.15) is 65.2 Å². The van der Waals surface area contributed by atoms with E-state index in [9.17, 15) is 13.5 Å². The molecule has 0 aromatic rings. The fourth-order valence-electron chi connectivity index (χ4n) is 1.97. The van der Waals surface area contributed by atoms with Gasteiger partial charge in [0, 0.05) is 0 Å². The Kier molecular flexibility index (Phi) is 8.82. The van der Waals surface area contributed by atoms with E-state index < -0.39 is 15.4 Å². The SMILES string of the molecule is CCCC(O)CCCCCC(CC)S(=O)(=O)O. The van der Waals surface area contributed by atoms with Crippen LogP contribution in [-0.4, -0.2) is 29.4 Å². The monoisotopic (exact) mass is 266 g/mol. The van der Waals surface area contributed by atoms with Gasteiger partial charge < -0.3 is 5.11 Å². The van der Waals surface area contributed by atoms with Crippen molar-refractivity contribution in [3.8, 4) is 0 Å². The Morgan fingerprint density at radius 2 is 1.59 bits per heavy atom. The molecule has 2 unspecified atom stereocenters. The third-order valence-electron chi connectivity index (χ3n) is 3.06. The van der Waals surface area contributed by atoms with Crippen LogP contribution < -0.4 is 0 Å². The van der Waals surface area contributed by atoms with E-state index in [0.717, 1.165) is 38.5 Å². The lowest BCUT2D eigenvalue weighted by Gasteiger charge is -2.12. The second-order valence-corrected chi connectivity index (χ2v) is 6.32. The highest BCUT2D eigenvalue weighted by atomic mass is 32.2. The Balaban J connectivity index is 3.63. The number of aliphatic hydroxyl groups is 1. The number of hydrogen-bond donors (Lipinski definition) is 2. The number of unbranched alkanes of at least 4 members (excludes halogenated alkanes) is 2. The van der Waals surface area contributed by atoms with E-state index in [1.54, 1.807) is 6.92 Å². The molecule has 104 valence electrons. The molecule has 0 aromatic heterocycles. The van der Waals surface area contributed by atoms with E-state index in [0.29, 0.717) is 12.8 Å². The zero-order valence-corrected chi connectivity index (χ0v) is 11.7. The average Bonchev–Trinajstić information content (AvgIpc) is 2.21. The molecule has 2 N–H and O–H groups in total. The predicted octanol–water partition coefficient (Wildman–Crippen LogP) is 2.76. The van der Waals surface area contributed by atoms with Crippen molar-refractivity contribution in [2.45, 2.75) is 76.6 Å². The molecule has 4 nitrogen and oxygen atoms in total. The molecule has 0 aliphatic carbocycles. The van der Waals surface area contributed by atoms with Gasteiger partial charge >= 0.3 is 0 Å². The Bertz CT molecular complexity index is 274. The Labute approximate surface area is 105 Å². The summed E-state index contributed by atoms with van der Waals surface area (Å²) < 4.78 is 30.8. The summed E-state index contributed by atoms with van der Waals surface area (Å²) in [7, 11) is -3.88. The van der Waals surface area contributed by atoms with Crippen LogP contribution in [-0.2, 0) is 10.1 Å². The first-order valence-electron chi connectivity index (χ1n) is 6.56. The Morgan fingerprint density at radius 3 is 2.06 bits per heavy atom. The van der Waals surface area contributed by atoms with Gasteiger partial charge in [-0.2, -0.15) is 8.42 Å². The van der Waals surface area contributed by atoms with Crippen molar-refractivity contribution in [2.24, 2.45) is 0 Å². The molecule has 17 heavy (non-hydrogen) atoms. The van der Waals surface area contributed by atoms with E-state index in [1.165, 1.54) is 0 Å². The van der Waals surface area contributed by atoms with Crippen LogP contribution in [0.15, 0.2) is 0 Å². The highest BCUT2D eigenvalue weighted by molar-refractivity contribution is 7.86. The van der Waals surface area contributed by atoms with Crippen LogP contribution in [0, 0.1) is 0 Å². The van der Waals surface area contributed by atoms with Gasteiger partial charge in [0.1, 0.15) is 0 Å². The molecule has 0 aliphatic heterocycles. The topological polar surface area (TPSA) is 74.6 Å². The Hall–Kier alpha value is -0.130. The first-order valence-corrected chi connectivity index (χ1v) is 8.06. The van der Waals surface area contributed by atoms with Gasteiger partial charge in [0.25, 0.3) is 10.1 Å². The molecule has 0 fully saturated rings. The average molecular weight is 266 g/mol. The standard InChI is InChI=1S/C12H26O4S/c1-3-8-11(13)9-6-5-7-10-12(4-2)17(14,15)16/h11-13H,3-10H2,1-2H3,(H,14,15,16). The molecular formula is C12H26O4S. The number of aliphatic hydroxyl groups excluding tert-OH is 1. The van der Waals surface area contributed by atoms with Gasteiger partial charge in [-0.1, -0.05) is 39.5 Å². The lowest BCUT2D eigenvalue weighted by Crippen LogP contribution is -2.19. The van der Waals surface area contributed by atoms with Gasteiger partial charge in [0.2, 0.25) is 0 Å². The van der Waals surface area contributed by atoms with E-state index in [4.69, 9.17) is 4.55 Å². The summed E-state index contributed by atoms with van der Waals surface area (Å²) >= 11 is 0. The molecule has 0 saturated carbocycles. The summed E-state index contributed by atoms with van der Waals surface area (Å²) in [6.45, 7) is 3.81. The first-order chi connectivity index (χ1) is 7.91. The van der Waals surface area contributed by atoms with Crippen molar-refractivity contribution in [1.29, 1.82) is 0 Å². The lowest BCUT2D eigenvalue weighted by molar-refractivity contribution is 0.150. The quantitative estimate of drug-likeness (QED) is 0.471. The highest BCUT2D eigenvalue weighted by Gasteiger charge is 2.19.